The van der Waals surface area contributed by atoms with Gasteiger partial charge in [0, 0.05) is 42.3 Å². The van der Waals surface area contributed by atoms with Crippen LogP contribution in [0, 0.1) is 0 Å². The molecule has 0 unspecified atom stereocenters. The van der Waals surface area contributed by atoms with Crippen molar-refractivity contribution < 1.29 is 4.42 Å². The molecule has 5 nitrogen and oxygen atoms in total. The van der Waals surface area contributed by atoms with Crippen molar-refractivity contribution in [2.45, 2.75) is 18.9 Å². The highest BCUT2D eigenvalue weighted by Crippen LogP contribution is 2.29. The maximum Gasteiger partial charge on any atom is 0.318 e. The first-order valence-electron chi connectivity index (χ1n) is 7.38. The number of anilines is 1. The van der Waals surface area contributed by atoms with Crippen LogP contribution in [0.2, 0.25) is 0 Å². The number of rotatable bonds is 2. The zero-order valence-electron chi connectivity index (χ0n) is 11.7. The van der Waals surface area contributed by atoms with Gasteiger partial charge in [0.2, 0.25) is 5.89 Å². The number of halogens is 1. The average Bonchev–Trinajstić information content (AvgIpc) is 2.80. The fourth-order valence-electron chi connectivity index (χ4n) is 3.21. The molecule has 0 N–H and O–H groups in total. The highest BCUT2D eigenvalue weighted by Gasteiger charge is 2.31. The van der Waals surface area contributed by atoms with Crippen molar-refractivity contribution in [3.63, 3.8) is 0 Å². The second kappa shape index (κ2) is 5.42. The molecule has 3 aliphatic rings. The van der Waals surface area contributed by atoms with Gasteiger partial charge in [-0.3, -0.25) is 0 Å². The van der Waals surface area contributed by atoms with Gasteiger partial charge in [0.25, 0.3) is 0 Å². The van der Waals surface area contributed by atoms with Gasteiger partial charge in [-0.2, -0.15) is 0 Å². The molecule has 0 aliphatic carbocycles. The first-order valence-corrected chi connectivity index (χ1v) is 8.17. The molecule has 0 amide bonds. The van der Waals surface area contributed by atoms with E-state index < -0.39 is 0 Å². The highest BCUT2D eigenvalue weighted by atomic mass is 79.9. The lowest BCUT2D eigenvalue weighted by Gasteiger charge is -2.29. The van der Waals surface area contributed by atoms with Crippen LogP contribution in [0.25, 0.3) is 11.5 Å². The zero-order valence-corrected chi connectivity index (χ0v) is 13.3. The molecule has 3 fully saturated rings. The zero-order chi connectivity index (χ0) is 14.2. The Bertz CT molecular complexity index is 636. The normalized spacial score (nSPS) is 25.1. The molecule has 1 aromatic heterocycles. The molecule has 0 atom stereocenters. The summed E-state index contributed by atoms with van der Waals surface area (Å²) < 4.78 is 6.95. The number of hydrogen-bond acceptors (Lipinski definition) is 5. The topological polar surface area (TPSA) is 45.4 Å². The molecule has 1 aromatic carbocycles. The minimum Gasteiger partial charge on any atom is -0.403 e. The molecule has 3 aliphatic heterocycles. The van der Waals surface area contributed by atoms with Crippen LogP contribution >= 0.6 is 15.9 Å². The molecule has 3 saturated heterocycles. The fourth-order valence-corrected chi connectivity index (χ4v) is 3.61. The van der Waals surface area contributed by atoms with E-state index in [-0.39, 0.29) is 0 Å². The van der Waals surface area contributed by atoms with Crippen molar-refractivity contribution in [2.75, 3.05) is 31.1 Å². The maximum absolute atomic E-state index is 5.93. The Kier molecular flexibility index (Phi) is 3.43. The molecular formula is C15H17BrN4O. The quantitative estimate of drug-likeness (QED) is 0.834. The van der Waals surface area contributed by atoms with E-state index in [4.69, 9.17) is 4.42 Å². The third kappa shape index (κ3) is 2.58. The van der Waals surface area contributed by atoms with Crippen molar-refractivity contribution >= 4 is 21.9 Å². The number of piperidine rings is 1. The highest BCUT2D eigenvalue weighted by molar-refractivity contribution is 9.10. The maximum atomic E-state index is 5.93. The predicted octanol–water partition coefficient (Wildman–Crippen LogP) is 2.78. The van der Waals surface area contributed by atoms with Gasteiger partial charge in [-0.1, -0.05) is 27.1 Å². The van der Waals surface area contributed by atoms with Gasteiger partial charge in [-0.25, -0.2) is 0 Å². The van der Waals surface area contributed by atoms with Gasteiger partial charge in [-0.05, 0) is 31.0 Å². The van der Waals surface area contributed by atoms with E-state index in [1.54, 1.807) is 0 Å². The second-order valence-electron chi connectivity index (χ2n) is 5.67. The third-order valence-corrected chi connectivity index (χ3v) is 4.88. The van der Waals surface area contributed by atoms with E-state index >= 15 is 0 Å². The van der Waals surface area contributed by atoms with Crippen LogP contribution in [-0.4, -0.2) is 47.3 Å². The summed E-state index contributed by atoms with van der Waals surface area (Å²) >= 11 is 3.47. The van der Waals surface area contributed by atoms with Crippen molar-refractivity contribution in [1.82, 2.24) is 15.1 Å². The Morgan fingerprint density at radius 2 is 1.95 bits per heavy atom. The number of nitrogens with zero attached hydrogens (tertiary/aromatic N) is 4. The van der Waals surface area contributed by atoms with Gasteiger partial charge < -0.3 is 14.2 Å². The van der Waals surface area contributed by atoms with Gasteiger partial charge in [-0.15, -0.1) is 5.10 Å². The van der Waals surface area contributed by atoms with Crippen molar-refractivity contribution in [3.8, 4) is 11.5 Å². The minimum absolute atomic E-state index is 0.541. The summed E-state index contributed by atoms with van der Waals surface area (Å²) in [6, 6.07) is 9.16. The largest absolute Gasteiger partial charge is 0.403 e. The van der Waals surface area contributed by atoms with Crippen LogP contribution in [0.5, 0.6) is 0 Å². The fraction of sp³-hybridized carbons (Fsp3) is 0.467. The average molecular weight is 349 g/mol. The lowest BCUT2D eigenvalue weighted by atomic mass is 10.1. The molecule has 21 heavy (non-hydrogen) atoms. The Morgan fingerprint density at radius 1 is 1.10 bits per heavy atom. The first-order chi connectivity index (χ1) is 10.3. The summed E-state index contributed by atoms with van der Waals surface area (Å²) in [5.74, 6) is 0.588. The molecule has 110 valence electrons. The van der Waals surface area contributed by atoms with Gasteiger partial charge in [0.05, 0.1) is 0 Å². The van der Waals surface area contributed by atoms with E-state index in [2.05, 4.69) is 35.9 Å². The summed E-state index contributed by atoms with van der Waals surface area (Å²) in [5.41, 5.74) is 0.950. The SMILES string of the molecule is Brc1cccc(-c2nnc(N3CCN4CCC3CC4)o2)c1. The minimum atomic E-state index is 0.541. The number of hydrogen-bond donors (Lipinski definition) is 0. The third-order valence-electron chi connectivity index (χ3n) is 4.39. The van der Waals surface area contributed by atoms with Crippen LogP contribution in [0.3, 0.4) is 0 Å². The smallest absolute Gasteiger partial charge is 0.318 e. The number of aromatic nitrogens is 2. The van der Waals surface area contributed by atoms with E-state index in [9.17, 15) is 0 Å². The van der Waals surface area contributed by atoms with E-state index in [1.165, 1.54) is 25.9 Å². The molecule has 2 bridgehead atoms. The van der Waals surface area contributed by atoms with E-state index in [1.807, 2.05) is 24.3 Å². The lowest BCUT2D eigenvalue weighted by Crippen LogP contribution is -2.38. The molecular weight excluding hydrogens is 332 g/mol. The molecule has 0 saturated carbocycles. The van der Waals surface area contributed by atoms with E-state index in [0.29, 0.717) is 17.9 Å². The summed E-state index contributed by atoms with van der Waals surface area (Å²) in [5, 5.41) is 8.50. The van der Waals surface area contributed by atoms with Gasteiger partial charge in [0.15, 0.2) is 0 Å². The van der Waals surface area contributed by atoms with Crippen LogP contribution < -0.4 is 4.90 Å². The molecule has 5 rings (SSSR count). The molecule has 4 heterocycles. The predicted molar refractivity (Wildman–Crippen MR) is 84.2 cm³/mol. The lowest BCUT2D eigenvalue weighted by molar-refractivity contribution is 0.249. The van der Waals surface area contributed by atoms with Crippen LogP contribution in [0.4, 0.5) is 6.01 Å². The van der Waals surface area contributed by atoms with Crippen molar-refractivity contribution in [2.24, 2.45) is 0 Å². The van der Waals surface area contributed by atoms with Crippen LogP contribution in [0.15, 0.2) is 33.2 Å². The molecule has 0 radical (unpaired) electrons. The second-order valence-corrected chi connectivity index (χ2v) is 6.58. The standard InChI is InChI=1S/C15H17BrN4O/c16-12-3-1-2-11(10-12)14-17-18-15(21-14)20-9-8-19-6-4-13(20)5-7-19/h1-3,10,13H,4-9H2. The Labute approximate surface area is 132 Å². The summed E-state index contributed by atoms with van der Waals surface area (Å²) in [4.78, 5) is 4.81. The van der Waals surface area contributed by atoms with Gasteiger partial charge >= 0.3 is 6.01 Å². The summed E-state index contributed by atoms with van der Waals surface area (Å²) in [6.07, 6.45) is 2.38. The van der Waals surface area contributed by atoms with Crippen molar-refractivity contribution in [1.29, 1.82) is 0 Å². The number of benzene rings is 1. The van der Waals surface area contributed by atoms with Crippen LogP contribution in [-0.2, 0) is 0 Å². The molecule has 0 spiro atoms. The van der Waals surface area contributed by atoms with E-state index in [0.717, 1.165) is 23.1 Å². The van der Waals surface area contributed by atoms with Crippen molar-refractivity contribution in [3.05, 3.63) is 28.7 Å². The number of fused-ring (bicyclic) bond motifs is 4. The molecule has 6 heteroatoms. The first kappa shape index (κ1) is 13.3. The molecule has 2 aromatic rings. The Hall–Kier alpha value is -1.40. The Morgan fingerprint density at radius 3 is 2.76 bits per heavy atom. The van der Waals surface area contributed by atoms with Gasteiger partial charge in [0.1, 0.15) is 0 Å². The summed E-state index contributed by atoms with van der Waals surface area (Å²) in [6.45, 7) is 4.44. The van der Waals surface area contributed by atoms with Crippen LogP contribution in [0.1, 0.15) is 12.8 Å². The summed E-state index contributed by atoms with van der Waals surface area (Å²) in [7, 11) is 0. The monoisotopic (exact) mass is 348 g/mol. The Balaban J connectivity index is 1.62.